The number of carboxylic acids is 1. The van der Waals surface area contributed by atoms with Crippen molar-refractivity contribution >= 4 is 28.4 Å². The molecule has 22 heavy (non-hydrogen) atoms. The molecule has 1 amide bonds. The number of carbonyl (C=O) groups excluding carboxylic acids is 1. The van der Waals surface area contributed by atoms with Crippen LogP contribution < -0.4 is 5.32 Å². The number of carboxylic acid groups (broad SMARTS) is 1. The van der Waals surface area contributed by atoms with Crippen LogP contribution in [0.1, 0.15) is 61.3 Å². The molecule has 0 saturated carbocycles. The first-order chi connectivity index (χ1) is 10.2. The van der Waals surface area contributed by atoms with E-state index in [1.807, 2.05) is 0 Å². The van der Waals surface area contributed by atoms with E-state index in [2.05, 4.69) is 12.2 Å². The Morgan fingerprint density at radius 3 is 2.64 bits per heavy atom. The average molecular weight is 325 g/mol. The summed E-state index contributed by atoms with van der Waals surface area (Å²) in [7, 11) is 0. The van der Waals surface area contributed by atoms with E-state index in [1.165, 1.54) is 11.3 Å². The van der Waals surface area contributed by atoms with Crippen LogP contribution in [0, 0.1) is 5.92 Å². The standard InChI is InChI=1S/C16H23NO4S/c1-5-9-6-7-10-11(8-9)22-13(12(10)14(18)19)17-15(20)21-16(2,3)4/h9H,5-8H2,1-4H3,(H,17,20)(H,18,19). The first-order valence-corrected chi connectivity index (χ1v) is 8.40. The molecule has 122 valence electrons. The summed E-state index contributed by atoms with van der Waals surface area (Å²) in [5, 5.41) is 12.5. The lowest BCUT2D eigenvalue weighted by Gasteiger charge is -2.20. The quantitative estimate of drug-likeness (QED) is 0.868. The van der Waals surface area contributed by atoms with Crippen molar-refractivity contribution in [3.8, 4) is 0 Å². The van der Waals surface area contributed by atoms with Gasteiger partial charge in [-0.15, -0.1) is 11.3 Å². The third kappa shape index (κ3) is 3.80. The van der Waals surface area contributed by atoms with Gasteiger partial charge in [0.05, 0.1) is 5.56 Å². The van der Waals surface area contributed by atoms with Crippen LogP contribution in [-0.4, -0.2) is 22.8 Å². The number of nitrogens with one attached hydrogen (secondary N) is 1. The number of fused-ring (bicyclic) bond motifs is 1. The van der Waals surface area contributed by atoms with Crippen molar-refractivity contribution in [1.29, 1.82) is 0 Å². The summed E-state index contributed by atoms with van der Waals surface area (Å²) in [6.45, 7) is 7.48. The molecule has 2 rings (SSSR count). The Hall–Kier alpha value is -1.56. The number of thiophene rings is 1. The minimum Gasteiger partial charge on any atom is -0.478 e. The Labute approximate surface area is 134 Å². The Morgan fingerprint density at radius 1 is 1.41 bits per heavy atom. The Kier molecular flexibility index (Phi) is 4.80. The zero-order valence-corrected chi connectivity index (χ0v) is 14.3. The van der Waals surface area contributed by atoms with Gasteiger partial charge in [-0.25, -0.2) is 9.59 Å². The molecule has 0 saturated heterocycles. The van der Waals surface area contributed by atoms with E-state index in [-0.39, 0.29) is 5.56 Å². The van der Waals surface area contributed by atoms with Crippen molar-refractivity contribution in [2.45, 2.75) is 59.0 Å². The molecule has 1 aromatic rings. The molecule has 1 aliphatic carbocycles. The maximum absolute atomic E-state index is 11.9. The van der Waals surface area contributed by atoms with Crippen molar-refractivity contribution < 1.29 is 19.4 Å². The fraction of sp³-hybridized carbons (Fsp3) is 0.625. The van der Waals surface area contributed by atoms with E-state index in [4.69, 9.17) is 4.74 Å². The van der Waals surface area contributed by atoms with Gasteiger partial charge >= 0.3 is 12.1 Å². The molecule has 5 nitrogen and oxygen atoms in total. The van der Waals surface area contributed by atoms with Gasteiger partial charge in [-0.05, 0) is 51.5 Å². The highest BCUT2D eigenvalue weighted by Gasteiger charge is 2.29. The molecule has 1 atom stereocenters. The summed E-state index contributed by atoms with van der Waals surface area (Å²) in [6.07, 6.45) is 3.15. The van der Waals surface area contributed by atoms with Crippen LogP contribution >= 0.6 is 11.3 Å². The van der Waals surface area contributed by atoms with E-state index in [0.29, 0.717) is 10.9 Å². The second kappa shape index (κ2) is 6.28. The number of amides is 1. The molecule has 0 aromatic carbocycles. The molecule has 0 aliphatic heterocycles. The monoisotopic (exact) mass is 325 g/mol. The topological polar surface area (TPSA) is 75.6 Å². The predicted octanol–water partition coefficient (Wildman–Crippen LogP) is 4.31. The van der Waals surface area contributed by atoms with E-state index >= 15 is 0 Å². The van der Waals surface area contributed by atoms with Gasteiger partial charge in [-0.1, -0.05) is 13.3 Å². The number of hydrogen-bond acceptors (Lipinski definition) is 4. The zero-order valence-electron chi connectivity index (χ0n) is 13.5. The number of carbonyl (C=O) groups is 2. The molecule has 0 radical (unpaired) electrons. The molecule has 1 aromatic heterocycles. The highest BCUT2D eigenvalue weighted by atomic mass is 32.1. The molecule has 0 bridgehead atoms. The van der Waals surface area contributed by atoms with Gasteiger partial charge < -0.3 is 9.84 Å². The lowest BCUT2D eigenvalue weighted by Crippen LogP contribution is -2.27. The van der Waals surface area contributed by atoms with Crippen molar-refractivity contribution in [2.75, 3.05) is 5.32 Å². The minimum atomic E-state index is -0.987. The van der Waals surface area contributed by atoms with Crippen LogP contribution in [0.5, 0.6) is 0 Å². The first kappa shape index (κ1) is 16.8. The number of anilines is 1. The van der Waals surface area contributed by atoms with E-state index in [9.17, 15) is 14.7 Å². The fourth-order valence-electron chi connectivity index (χ4n) is 2.71. The van der Waals surface area contributed by atoms with Crippen molar-refractivity contribution in [3.05, 3.63) is 16.0 Å². The van der Waals surface area contributed by atoms with Crippen molar-refractivity contribution in [3.63, 3.8) is 0 Å². The van der Waals surface area contributed by atoms with Crippen LogP contribution in [0.15, 0.2) is 0 Å². The van der Waals surface area contributed by atoms with Crippen molar-refractivity contribution in [2.24, 2.45) is 5.92 Å². The lowest BCUT2D eigenvalue weighted by atomic mass is 9.86. The molecule has 1 aliphatic rings. The predicted molar refractivity (Wildman–Crippen MR) is 86.9 cm³/mol. The maximum Gasteiger partial charge on any atom is 0.412 e. The smallest absolute Gasteiger partial charge is 0.412 e. The van der Waals surface area contributed by atoms with Gasteiger partial charge in [0.1, 0.15) is 10.6 Å². The summed E-state index contributed by atoms with van der Waals surface area (Å²) in [5.74, 6) is -0.388. The van der Waals surface area contributed by atoms with E-state index in [0.717, 1.165) is 36.1 Å². The van der Waals surface area contributed by atoms with Gasteiger partial charge in [-0.2, -0.15) is 0 Å². The van der Waals surface area contributed by atoms with Gasteiger partial charge in [-0.3, -0.25) is 5.32 Å². The van der Waals surface area contributed by atoms with Gasteiger partial charge in [0.2, 0.25) is 0 Å². The van der Waals surface area contributed by atoms with E-state index in [1.54, 1.807) is 20.8 Å². The largest absolute Gasteiger partial charge is 0.478 e. The van der Waals surface area contributed by atoms with Gasteiger partial charge in [0, 0.05) is 4.88 Å². The Bertz CT molecular complexity index is 586. The van der Waals surface area contributed by atoms with Crippen LogP contribution in [0.4, 0.5) is 9.80 Å². The Balaban J connectivity index is 2.26. The third-order valence-electron chi connectivity index (χ3n) is 3.77. The van der Waals surface area contributed by atoms with Gasteiger partial charge in [0.15, 0.2) is 0 Å². The van der Waals surface area contributed by atoms with Crippen molar-refractivity contribution in [1.82, 2.24) is 0 Å². The number of rotatable bonds is 3. The summed E-state index contributed by atoms with van der Waals surface area (Å²) >= 11 is 1.37. The number of ether oxygens (including phenoxy) is 1. The summed E-state index contributed by atoms with van der Waals surface area (Å²) < 4.78 is 5.21. The SMILES string of the molecule is CCC1CCc2c(sc(NC(=O)OC(C)(C)C)c2C(=O)O)C1. The zero-order chi connectivity index (χ0) is 16.5. The van der Waals surface area contributed by atoms with E-state index < -0.39 is 17.7 Å². The second-order valence-electron chi connectivity index (χ2n) is 6.66. The fourth-order valence-corrected chi connectivity index (χ4v) is 4.05. The maximum atomic E-state index is 11.9. The lowest BCUT2D eigenvalue weighted by molar-refractivity contribution is 0.0636. The highest BCUT2D eigenvalue weighted by molar-refractivity contribution is 7.17. The third-order valence-corrected chi connectivity index (χ3v) is 4.94. The number of aromatic carboxylic acids is 1. The summed E-state index contributed by atoms with van der Waals surface area (Å²) in [5.41, 5.74) is 0.506. The molecule has 0 spiro atoms. The molecule has 1 heterocycles. The first-order valence-electron chi connectivity index (χ1n) is 7.59. The van der Waals surface area contributed by atoms with Gasteiger partial charge in [0.25, 0.3) is 0 Å². The molecular weight excluding hydrogens is 302 g/mol. The van der Waals surface area contributed by atoms with Crippen LogP contribution in [0.2, 0.25) is 0 Å². The Morgan fingerprint density at radius 2 is 2.09 bits per heavy atom. The number of hydrogen-bond donors (Lipinski definition) is 2. The van der Waals surface area contributed by atoms with Crippen LogP contribution in [0.3, 0.4) is 0 Å². The molecule has 6 heteroatoms. The van der Waals surface area contributed by atoms with Crippen LogP contribution in [0.25, 0.3) is 0 Å². The molecule has 1 unspecified atom stereocenters. The minimum absolute atomic E-state index is 0.236. The normalized spacial score (nSPS) is 17.7. The highest BCUT2D eigenvalue weighted by Crippen LogP contribution is 2.40. The summed E-state index contributed by atoms with van der Waals surface area (Å²) in [4.78, 5) is 24.6. The molecular formula is C16H23NO4S. The molecule has 2 N–H and O–H groups in total. The second-order valence-corrected chi connectivity index (χ2v) is 7.76. The molecule has 0 fully saturated rings. The average Bonchev–Trinajstić information content (AvgIpc) is 2.72. The summed E-state index contributed by atoms with van der Waals surface area (Å²) in [6, 6.07) is 0. The van der Waals surface area contributed by atoms with Crippen LogP contribution in [-0.2, 0) is 17.6 Å².